The molecule has 7 heteroatoms. The molecule has 1 amide bonds. The molecule has 0 aromatic carbocycles. The van der Waals surface area contributed by atoms with Crippen molar-refractivity contribution in [2.75, 3.05) is 6.54 Å². The van der Waals surface area contributed by atoms with Crippen molar-refractivity contribution in [3.8, 4) is 0 Å². The van der Waals surface area contributed by atoms with Crippen molar-refractivity contribution in [1.82, 2.24) is 25.4 Å². The summed E-state index contributed by atoms with van der Waals surface area (Å²) in [5, 5.41) is 10.8. The molecule has 1 aromatic heterocycles. The number of hydrogen-bond donors (Lipinski definition) is 2. The molecule has 2 N–H and O–H groups in total. The molecule has 3 heterocycles. The smallest absolute Gasteiger partial charge is 0.237 e. The van der Waals surface area contributed by atoms with Crippen molar-refractivity contribution in [1.29, 1.82) is 0 Å². The van der Waals surface area contributed by atoms with Crippen molar-refractivity contribution in [3.63, 3.8) is 0 Å². The van der Waals surface area contributed by atoms with Crippen molar-refractivity contribution in [3.05, 3.63) is 11.6 Å². The second-order valence-electron chi connectivity index (χ2n) is 5.37. The summed E-state index contributed by atoms with van der Waals surface area (Å²) < 4.78 is 1.95. The number of hydrogen-bond acceptors (Lipinski definition) is 4. The predicted molar refractivity (Wildman–Crippen MR) is 77.9 cm³/mol. The first kappa shape index (κ1) is 15.3. The number of aromatic nitrogens is 3. The van der Waals surface area contributed by atoms with Gasteiger partial charge in [0.2, 0.25) is 5.91 Å². The lowest BCUT2D eigenvalue weighted by Crippen LogP contribution is -2.48. The second-order valence-corrected chi connectivity index (χ2v) is 5.37. The van der Waals surface area contributed by atoms with E-state index in [2.05, 4.69) is 27.6 Å². The largest absolute Gasteiger partial charge is 0.350 e. The van der Waals surface area contributed by atoms with Crippen LogP contribution in [0.1, 0.15) is 37.8 Å². The van der Waals surface area contributed by atoms with Crippen LogP contribution in [0.2, 0.25) is 0 Å². The molecule has 0 saturated carbocycles. The van der Waals surface area contributed by atoms with E-state index < -0.39 is 0 Å². The molecule has 1 saturated heterocycles. The highest BCUT2D eigenvalue weighted by atomic mass is 35.5. The van der Waals surface area contributed by atoms with Gasteiger partial charge in [-0.1, -0.05) is 6.92 Å². The maximum Gasteiger partial charge on any atom is 0.237 e. The van der Waals surface area contributed by atoms with Crippen molar-refractivity contribution in [2.45, 2.75) is 57.7 Å². The maximum atomic E-state index is 12.1. The third-order valence-electron chi connectivity index (χ3n) is 3.94. The standard InChI is InChI=1S/C13H21N5O.ClH/c1-2-11-16-12-6-5-9(8-18(12)17-11)15-13(19)10-4-3-7-14-10;/h9-10,14H,2-8H2,1H3,(H,15,19);1H. The average Bonchev–Trinajstić information content (AvgIpc) is 3.07. The number of rotatable bonds is 3. The second kappa shape index (κ2) is 6.54. The lowest BCUT2D eigenvalue weighted by atomic mass is 10.1. The van der Waals surface area contributed by atoms with E-state index >= 15 is 0 Å². The Kier molecular flexibility index (Phi) is 4.99. The molecule has 0 bridgehead atoms. The van der Waals surface area contributed by atoms with E-state index in [0.717, 1.165) is 56.8 Å². The fourth-order valence-electron chi connectivity index (χ4n) is 2.84. The van der Waals surface area contributed by atoms with Crippen LogP contribution in [-0.2, 0) is 24.2 Å². The van der Waals surface area contributed by atoms with Gasteiger partial charge in [-0.2, -0.15) is 5.10 Å². The zero-order valence-corrected chi connectivity index (χ0v) is 12.6. The topological polar surface area (TPSA) is 71.8 Å². The van der Waals surface area contributed by atoms with Crippen LogP contribution >= 0.6 is 12.4 Å². The molecule has 1 fully saturated rings. The fraction of sp³-hybridized carbons (Fsp3) is 0.769. The Balaban J connectivity index is 0.00000147. The van der Waals surface area contributed by atoms with Crippen LogP contribution in [0.3, 0.4) is 0 Å². The monoisotopic (exact) mass is 299 g/mol. The van der Waals surface area contributed by atoms with Gasteiger partial charge < -0.3 is 10.6 Å². The van der Waals surface area contributed by atoms with E-state index in [1.54, 1.807) is 0 Å². The van der Waals surface area contributed by atoms with E-state index in [1.807, 2.05) is 4.68 Å². The van der Waals surface area contributed by atoms with Crippen LogP contribution in [0.5, 0.6) is 0 Å². The first-order valence-electron chi connectivity index (χ1n) is 7.22. The summed E-state index contributed by atoms with van der Waals surface area (Å²) in [7, 11) is 0. The van der Waals surface area contributed by atoms with Crippen LogP contribution in [0.25, 0.3) is 0 Å². The molecule has 2 aliphatic heterocycles. The summed E-state index contributed by atoms with van der Waals surface area (Å²) in [6.07, 6.45) is 4.77. The Morgan fingerprint density at radius 1 is 1.50 bits per heavy atom. The van der Waals surface area contributed by atoms with Gasteiger partial charge in [0.1, 0.15) is 5.82 Å². The number of carbonyl (C=O) groups excluding carboxylic acids is 1. The summed E-state index contributed by atoms with van der Waals surface area (Å²) in [4.78, 5) is 16.6. The molecule has 0 aliphatic carbocycles. The summed E-state index contributed by atoms with van der Waals surface area (Å²) in [6.45, 7) is 3.77. The van der Waals surface area contributed by atoms with E-state index in [-0.39, 0.29) is 30.4 Å². The summed E-state index contributed by atoms with van der Waals surface area (Å²) in [5.74, 6) is 2.10. The van der Waals surface area contributed by atoms with Crippen LogP contribution in [0.4, 0.5) is 0 Å². The van der Waals surface area contributed by atoms with Crippen molar-refractivity contribution < 1.29 is 4.79 Å². The Morgan fingerprint density at radius 2 is 2.35 bits per heavy atom. The number of halogens is 1. The minimum absolute atomic E-state index is 0. The molecule has 6 nitrogen and oxygen atoms in total. The van der Waals surface area contributed by atoms with E-state index in [9.17, 15) is 4.79 Å². The molecule has 20 heavy (non-hydrogen) atoms. The highest BCUT2D eigenvalue weighted by molar-refractivity contribution is 5.85. The van der Waals surface area contributed by atoms with Gasteiger partial charge in [0.05, 0.1) is 12.6 Å². The molecule has 0 radical (unpaired) electrons. The number of fused-ring (bicyclic) bond motifs is 1. The summed E-state index contributed by atoms with van der Waals surface area (Å²) in [6, 6.07) is 0.192. The Bertz CT molecular complexity index is 469. The Morgan fingerprint density at radius 3 is 3.05 bits per heavy atom. The van der Waals surface area contributed by atoms with Gasteiger partial charge in [-0.15, -0.1) is 12.4 Å². The van der Waals surface area contributed by atoms with Crippen LogP contribution in [0, 0.1) is 0 Å². The fourth-order valence-corrected chi connectivity index (χ4v) is 2.84. The van der Waals surface area contributed by atoms with Crippen LogP contribution in [0.15, 0.2) is 0 Å². The third-order valence-corrected chi connectivity index (χ3v) is 3.94. The predicted octanol–water partition coefficient (Wildman–Crippen LogP) is 0.445. The normalized spacial score (nSPS) is 24.9. The molecule has 2 atom stereocenters. The highest BCUT2D eigenvalue weighted by Crippen LogP contribution is 2.14. The lowest BCUT2D eigenvalue weighted by Gasteiger charge is -2.24. The number of amides is 1. The van der Waals surface area contributed by atoms with Gasteiger partial charge in [0.15, 0.2) is 5.82 Å². The van der Waals surface area contributed by atoms with Crippen molar-refractivity contribution >= 4 is 18.3 Å². The minimum Gasteiger partial charge on any atom is -0.350 e. The van der Waals surface area contributed by atoms with E-state index in [0.29, 0.717) is 0 Å². The van der Waals surface area contributed by atoms with E-state index in [1.165, 1.54) is 0 Å². The van der Waals surface area contributed by atoms with E-state index in [4.69, 9.17) is 0 Å². The van der Waals surface area contributed by atoms with Gasteiger partial charge in [0, 0.05) is 18.9 Å². The first-order valence-corrected chi connectivity index (χ1v) is 7.22. The average molecular weight is 300 g/mol. The minimum atomic E-state index is 0. The molecule has 2 aliphatic rings. The zero-order valence-electron chi connectivity index (χ0n) is 11.8. The maximum absolute atomic E-state index is 12.1. The quantitative estimate of drug-likeness (QED) is 0.850. The first-order chi connectivity index (χ1) is 9.26. The zero-order chi connectivity index (χ0) is 13.2. The molecular weight excluding hydrogens is 278 g/mol. The number of nitrogens with zero attached hydrogens (tertiary/aromatic N) is 3. The SMILES string of the molecule is CCc1nc2n(n1)CC(NC(=O)C1CCCN1)CC2.Cl. The molecule has 0 spiro atoms. The number of nitrogens with one attached hydrogen (secondary N) is 2. The molecule has 2 unspecified atom stereocenters. The van der Waals surface area contributed by atoms with Crippen LogP contribution in [-0.4, -0.2) is 39.3 Å². The highest BCUT2D eigenvalue weighted by Gasteiger charge is 2.27. The molecule has 1 aromatic rings. The van der Waals surface area contributed by atoms with Gasteiger partial charge >= 0.3 is 0 Å². The number of carbonyl (C=O) groups is 1. The molecule has 3 rings (SSSR count). The third kappa shape index (κ3) is 3.12. The molecule has 112 valence electrons. The van der Waals surface area contributed by atoms with Crippen LogP contribution < -0.4 is 10.6 Å². The summed E-state index contributed by atoms with van der Waals surface area (Å²) >= 11 is 0. The van der Waals surface area contributed by atoms with Gasteiger partial charge in [-0.3, -0.25) is 4.79 Å². The lowest BCUT2D eigenvalue weighted by molar-refractivity contribution is -0.123. The summed E-state index contributed by atoms with van der Waals surface area (Å²) in [5.41, 5.74) is 0. The molecular formula is C13H22ClN5O. The number of aryl methyl sites for hydroxylation is 2. The van der Waals surface area contributed by atoms with Gasteiger partial charge in [-0.25, -0.2) is 9.67 Å². The van der Waals surface area contributed by atoms with Gasteiger partial charge in [-0.05, 0) is 25.8 Å². The Labute approximate surface area is 125 Å². The van der Waals surface area contributed by atoms with Crippen molar-refractivity contribution in [2.24, 2.45) is 0 Å². The van der Waals surface area contributed by atoms with Gasteiger partial charge in [0.25, 0.3) is 0 Å². The Hall–Kier alpha value is -1.14.